The largest absolute Gasteiger partial charge is 0.322 e. The van der Waals surface area contributed by atoms with E-state index in [1.54, 1.807) is 4.90 Å². The number of amides is 2. The minimum Gasteiger partial charge on any atom is -0.322 e. The normalized spacial score (nSPS) is 24.9. The van der Waals surface area contributed by atoms with Crippen molar-refractivity contribution in [1.82, 2.24) is 19.4 Å². The topological polar surface area (TPSA) is 73.0 Å². The molecule has 0 spiro atoms. The molecular weight excluding hydrogens is 376 g/mol. The first-order valence-electron chi connectivity index (χ1n) is 8.71. The van der Waals surface area contributed by atoms with Crippen LogP contribution in [0.1, 0.15) is 11.5 Å². The molecule has 0 bridgehead atoms. The van der Waals surface area contributed by atoms with E-state index in [0.717, 1.165) is 5.56 Å². The second kappa shape index (κ2) is 7.72. The molecule has 0 aliphatic carbocycles. The van der Waals surface area contributed by atoms with Crippen LogP contribution in [-0.2, 0) is 10.0 Å². The number of carbonyl (C=O) groups is 1. The Hall–Kier alpha value is -1.35. The standard InChI is InChI=1S/C17H25ClN4O3S/c1-19-16-12-21(11-15(16)13-3-5-14(18)6-4-13)17(23)20-7-9-22(10-8-20)26(2,24)25/h3-6,15-16,19H,7-12H2,1-2H3/t15-,16-/m1/s1. The van der Waals surface area contributed by atoms with Crippen molar-refractivity contribution in [2.24, 2.45) is 0 Å². The lowest BCUT2D eigenvalue weighted by Crippen LogP contribution is -2.53. The minimum absolute atomic E-state index is 0.0186. The molecule has 2 aliphatic heterocycles. The van der Waals surface area contributed by atoms with Crippen LogP contribution in [0.3, 0.4) is 0 Å². The van der Waals surface area contributed by atoms with Gasteiger partial charge in [0.25, 0.3) is 0 Å². The van der Waals surface area contributed by atoms with Crippen molar-refractivity contribution in [2.45, 2.75) is 12.0 Å². The number of hydrogen-bond donors (Lipinski definition) is 1. The molecule has 1 aromatic rings. The number of sulfonamides is 1. The number of halogens is 1. The van der Waals surface area contributed by atoms with Crippen molar-refractivity contribution < 1.29 is 13.2 Å². The summed E-state index contributed by atoms with van der Waals surface area (Å²) >= 11 is 5.98. The average molecular weight is 401 g/mol. The lowest BCUT2D eigenvalue weighted by atomic mass is 9.94. The third kappa shape index (κ3) is 4.14. The van der Waals surface area contributed by atoms with Crippen LogP contribution in [0.5, 0.6) is 0 Å². The lowest BCUT2D eigenvalue weighted by molar-refractivity contribution is 0.141. The number of rotatable bonds is 3. The van der Waals surface area contributed by atoms with E-state index in [9.17, 15) is 13.2 Å². The Morgan fingerprint density at radius 3 is 2.23 bits per heavy atom. The van der Waals surface area contributed by atoms with Crippen LogP contribution >= 0.6 is 11.6 Å². The predicted molar refractivity (Wildman–Crippen MR) is 102 cm³/mol. The molecule has 7 nitrogen and oxygen atoms in total. The van der Waals surface area contributed by atoms with Crippen molar-refractivity contribution >= 4 is 27.7 Å². The fourth-order valence-corrected chi connectivity index (χ4v) is 4.66. The third-order valence-corrected chi connectivity index (χ3v) is 6.79. The second-order valence-corrected chi connectivity index (χ2v) is 9.31. The summed E-state index contributed by atoms with van der Waals surface area (Å²) in [6.07, 6.45) is 1.21. The van der Waals surface area contributed by atoms with Crippen molar-refractivity contribution in [1.29, 1.82) is 0 Å². The van der Waals surface area contributed by atoms with Gasteiger partial charge in [-0.1, -0.05) is 23.7 Å². The van der Waals surface area contributed by atoms with E-state index in [0.29, 0.717) is 44.3 Å². The number of benzene rings is 1. The molecular formula is C17H25ClN4O3S. The molecule has 2 aliphatic rings. The summed E-state index contributed by atoms with van der Waals surface area (Å²) in [6, 6.07) is 7.93. The highest BCUT2D eigenvalue weighted by Gasteiger charge is 2.38. The van der Waals surface area contributed by atoms with E-state index in [1.165, 1.54) is 10.6 Å². The molecule has 2 atom stereocenters. The Morgan fingerprint density at radius 1 is 1.08 bits per heavy atom. The van der Waals surface area contributed by atoms with Crippen molar-refractivity contribution in [3.8, 4) is 0 Å². The predicted octanol–water partition coefficient (Wildman–Crippen LogP) is 1.02. The van der Waals surface area contributed by atoms with Gasteiger partial charge in [0, 0.05) is 56.3 Å². The summed E-state index contributed by atoms with van der Waals surface area (Å²) in [7, 11) is -1.28. The Labute approximate surface area is 159 Å². The van der Waals surface area contributed by atoms with Gasteiger partial charge in [0.05, 0.1) is 6.26 Å². The zero-order valence-corrected chi connectivity index (χ0v) is 16.6. The number of piperazine rings is 1. The fraction of sp³-hybridized carbons (Fsp3) is 0.588. The molecule has 0 aromatic heterocycles. The van der Waals surface area contributed by atoms with Gasteiger partial charge in [-0.2, -0.15) is 4.31 Å². The van der Waals surface area contributed by atoms with Crippen molar-refractivity contribution in [2.75, 3.05) is 52.6 Å². The SMILES string of the molecule is CN[C@@H]1CN(C(=O)N2CCN(S(C)(=O)=O)CC2)C[C@@H]1c1ccc(Cl)cc1. The summed E-state index contributed by atoms with van der Waals surface area (Å²) in [6.45, 7) is 2.84. The molecule has 0 unspecified atom stereocenters. The highest BCUT2D eigenvalue weighted by Crippen LogP contribution is 2.29. The van der Waals surface area contributed by atoms with Gasteiger partial charge in [-0.05, 0) is 24.7 Å². The molecule has 0 saturated carbocycles. The Balaban J connectivity index is 1.65. The molecule has 2 heterocycles. The number of likely N-dealkylation sites (tertiary alicyclic amines) is 1. The van der Waals surface area contributed by atoms with Gasteiger partial charge in [0.15, 0.2) is 0 Å². The van der Waals surface area contributed by atoms with Crippen molar-refractivity contribution in [3.63, 3.8) is 0 Å². The average Bonchev–Trinajstić information content (AvgIpc) is 3.05. The van der Waals surface area contributed by atoms with Gasteiger partial charge in [0.2, 0.25) is 10.0 Å². The molecule has 26 heavy (non-hydrogen) atoms. The number of nitrogens with zero attached hydrogens (tertiary/aromatic N) is 3. The quantitative estimate of drug-likeness (QED) is 0.822. The van der Waals surface area contributed by atoms with E-state index < -0.39 is 10.0 Å². The maximum Gasteiger partial charge on any atom is 0.320 e. The van der Waals surface area contributed by atoms with E-state index in [1.807, 2.05) is 36.2 Å². The zero-order chi connectivity index (χ0) is 18.9. The van der Waals surface area contributed by atoms with E-state index >= 15 is 0 Å². The summed E-state index contributed by atoms with van der Waals surface area (Å²) in [5, 5.41) is 4.01. The van der Waals surface area contributed by atoms with Gasteiger partial charge in [-0.3, -0.25) is 0 Å². The Bertz CT molecular complexity index is 748. The Kier molecular flexibility index (Phi) is 5.76. The second-order valence-electron chi connectivity index (χ2n) is 6.89. The van der Waals surface area contributed by atoms with Crippen LogP contribution in [0.2, 0.25) is 5.02 Å². The highest BCUT2D eigenvalue weighted by atomic mass is 35.5. The first kappa shape index (κ1) is 19.4. The van der Waals surface area contributed by atoms with E-state index in [2.05, 4.69) is 5.32 Å². The van der Waals surface area contributed by atoms with Gasteiger partial charge in [0.1, 0.15) is 0 Å². The molecule has 3 rings (SSSR count). The molecule has 2 saturated heterocycles. The summed E-state index contributed by atoms with van der Waals surface area (Å²) in [5.41, 5.74) is 1.16. The zero-order valence-electron chi connectivity index (χ0n) is 15.1. The van der Waals surface area contributed by atoms with Gasteiger partial charge in [-0.25, -0.2) is 13.2 Å². The number of urea groups is 1. The molecule has 144 valence electrons. The first-order chi connectivity index (χ1) is 12.3. The number of likely N-dealkylation sites (N-methyl/N-ethyl adjacent to an activating group) is 1. The molecule has 2 amide bonds. The number of carbonyl (C=O) groups excluding carboxylic acids is 1. The van der Waals surface area contributed by atoms with Crippen LogP contribution in [0, 0.1) is 0 Å². The van der Waals surface area contributed by atoms with Gasteiger partial charge in [-0.15, -0.1) is 0 Å². The van der Waals surface area contributed by atoms with Crippen LogP contribution in [0.15, 0.2) is 24.3 Å². The minimum atomic E-state index is -3.19. The van der Waals surface area contributed by atoms with Gasteiger partial charge < -0.3 is 15.1 Å². The first-order valence-corrected chi connectivity index (χ1v) is 10.9. The van der Waals surface area contributed by atoms with Crippen LogP contribution in [0.4, 0.5) is 4.79 Å². The number of hydrogen-bond acceptors (Lipinski definition) is 4. The molecule has 2 fully saturated rings. The lowest BCUT2D eigenvalue weighted by Gasteiger charge is -2.35. The maximum atomic E-state index is 12.9. The van der Waals surface area contributed by atoms with E-state index in [4.69, 9.17) is 11.6 Å². The van der Waals surface area contributed by atoms with Crippen LogP contribution in [0.25, 0.3) is 0 Å². The monoisotopic (exact) mass is 400 g/mol. The van der Waals surface area contributed by atoms with E-state index in [-0.39, 0.29) is 18.0 Å². The molecule has 9 heteroatoms. The van der Waals surface area contributed by atoms with Gasteiger partial charge >= 0.3 is 6.03 Å². The van der Waals surface area contributed by atoms with Crippen molar-refractivity contribution in [3.05, 3.63) is 34.9 Å². The smallest absolute Gasteiger partial charge is 0.320 e. The third-order valence-electron chi connectivity index (χ3n) is 5.24. The summed E-state index contributed by atoms with van der Waals surface area (Å²) in [5.74, 6) is 0.207. The number of nitrogens with one attached hydrogen (secondary N) is 1. The Morgan fingerprint density at radius 2 is 1.69 bits per heavy atom. The van der Waals surface area contributed by atoms with Crippen LogP contribution < -0.4 is 5.32 Å². The fourth-order valence-electron chi connectivity index (χ4n) is 3.71. The molecule has 1 aromatic carbocycles. The summed E-state index contributed by atoms with van der Waals surface area (Å²) < 4.78 is 24.7. The molecule has 1 N–H and O–H groups in total. The maximum absolute atomic E-state index is 12.9. The molecule has 0 radical (unpaired) electrons. The highest BCUT2D eigenvalue weighted by molar-refractivity contribution is 7.88. The summed E-state index contributed by atoms with van der Waals surface area (Å²) in [4.78, 5) is 16.5. The van der Waals surface area contributed by atoms with Crippen LogP contribution in [-0.4, -0.2) is 87.2 Å².